The van der Waals surface area contributed by atoms with Gasteiger partial charge in [0.05, 0.1) is 6.61 Å². The number of nitrogens with zero attached hydrogens (tertiary/aromatic N) is 2. The van der Waals surface area contributed by atoms with Crippen LogP contribution in [-0.2, 0) is 6.54 Å². The lowest BCUT2D eigenvalue weighted by Crippen LogP contribution is -2.05. The lowest BCUT2D eigenvalue weighted by atomic mass is 10.2. The summed E-state index contributed by atoms with van der Waals surface area (Å²) in [5.41, 5.74) is 0.583. The van der Waals surface area contributed by atoms with E-state index in [1.807, 2.05) is 6.92 Å². The summed E-state index contributed by atoms with van der Waals surface area (Å²) < 4.78 is 5.34. The summed E-state index contributed by atoms with van der Waals surface area (Å²) in [6.07, 6.45) is 0. The molecule has 1 heterocycles. The number of benzene rings is 1. The molecule has 6 nitrogen and oxygen atoms in total. The number of phenolic OH excluding ortho intramolecular Hbond substituents is 2. The Balaban J connectivity index is 2.12. The van der Waals surface area contributed by atoms with E-state index in [2.05, 4.69) is 15.3 Å². The molecule has 0 bridgehead atoms. The number of phenols is 2. The average Bonchev–Trinajstić information content (AvgIpc) is 2.40. The quantitative estimate of drug-likeness (QED) is 0.725. The molecule has 0 radical (unpaired) electrons. The minimum atomic E-state index is -0.141. The van der Waals surface area contributed by atoms with Crippen molar-refractivity contribution in [3.63, 3.8) is 0 Å². The Hall–Kier alpha value is -2.50. The highest BCUT2D eigenvalue weighted by atomic mass is 16.5. The summed E-state index contributed by atoms with van der Waals surface area (Å²) in [4.78, 5) is 8.38. The average molecular weight is 275 g/mol. The lowest BCUT2D eigenvalue weighted by Gasteiger charge is -2.10. The Morgan fingerprint density at radius 2 is 2.05 bits per heavy atom. The van der Waals surface area contributed by atoms with Crippen LogP contribution in [0.5, 0.6) is 17.4 Å². The number of rotatable bonds is 5. The fourth-order valence-electron chi connectivity index (χ4n) is 1.76. The fraction of sp³-hybridized carbons (Fsp3) is 0.286. The Morgan fingerprint density at radius 3 is 2.80 bits per heavy atom. The number of hydrogen-bond donors (Lipinski definition) is 3. The van der Waals surface area contributed by atoms with Crippen molar-refractivity contribution in [2.45, 2.75) is 20.4 Å². The molecule has 0 saturated heterocycles. The van der Waals surface area contributed by atoms with E-state index in [9.17, 15) is 10.2 Å². The molecule has 0 aliphatic carbocycles. The van der Waals surface area contributed by atoms with Crippen LogP contribution in [0.25, 0.3) is 0 Å². The Kier molecular flexibility index (Phi) is 4.24. The number of aromatic nitrogens is 2. The van der Waals surface area contributed by atoms with E-state index in [0.717, 1.165) is 0 Å². The monoisotopic (exact) mass is 275 g/mol. The van der Waals surface area contributed by atoms with Gasteiger partial charge in [0.2, 0.25) is 5.88 Å². The van der Waals surface area contributed by atoms with Crippen LogP contribution >= 0.6 is 0 Å². The van der Waals surface area contributed by atoms with Gasteiger partial charge in [-0.3, -0.25) is 0 Å². The first-order valence-electron chi connectivity index (χ1n) is 6.32. The summed E-state index contributed by atoms with van der Waals surface area (Å²) >= 11 is 0. The third-order valence-corrected chi connectivity index (χ3v) is 2.66. The molecule has 6 heteroatoms. The molecule has 0 fully saturated rings. The molecule has 0 unspecified atom stereocenters. The second-order valence-electron chi connectivity index (χ2n) is 4.21. The van der Waals surface area contributed by atoms with E-state index in [1.165, 1.54) is 6.07 Å². The van der Waals surface area contributed by atoms with Crippen LogP contribution < -0.4 is 10.1 Å². The van der Waals surface area contributed by atoms with Gasteiger partial charge in [-0.2, -0.15) is 4.98 Å². The SMILES string of the molecule is CCOc1cc(NCc2cccc(O)c2O)nc(C)n1. The van der Waals surface area contributed by atoms with Crippen LogP contribution in [0.15, 0.2) is 24.3 Å². The summed E-state index contributed by atoms with van der Waals surface area (Å²) in [5.74, 6) is 1.43. The summed E-state index contributed by atoms with van der Waals surface area (Å²) in [5, 5.41) is 22.2. The predicted octanol–water partition coefficient (Wildman–Crippen LogP) is 2.21. The minimum Gasteiger partial charge on any atom is -0.504 e. The Labute approximate surface area is 117 Å². The van der Waals surface area contributed by atoms with E-state index in [-0.39, 0.29) is 11.5 Å². The topological polar surface area (TPSA) is 87.5 Å². The number of aryl methyl sites for hydroxylation is 1. The van der Waals surface area contributed by atoms with Crippen LogP contribution in [-0.4, -0.2) is 26.8 Å². The van der Waals surface area contributed by atoms with E-state index in [1.54, 1.807) is 25.1 Å². The number of aromatic hydroxyl groups is 2. The zero-order chi connectivity index (χ0) is 14.5. The van der Waals surface area contributed by atoms with Crippen molar-refractivity contribution in [2.75, 3.05) is 11.9 Å². The Morgan fingerprint density at radius 1 is 1.25 bits per heavy atom. The molecule has 0 amide bonds. The highest BCUT2D eigenvalue weighted by Crippen LogP contribution is 2.28. The molecule has 0 spiro atoms. The van der Waals surface area contributed by atoms with Crippen molar-refractivity contribution < 1.29 is 14.9 Å². The molecule has 0 atom stereocenters. The highest BCUT2D eigenvalue weighted by Gasteiger charge is 2.07. The molecule has 1 aromatic carbocycles. The molecule has 20 heavy (non-hydrogen) atoms. The number of ether oxygens (including phenoxy) is 1. The molecule has 1 aromatic heterocycles. The van der Waals surface area contributed by atoms with Crippen LogP contribution in [0.4, 0.5) is 5.82 Å². The van der Waals surface area contributed by atoms with E-state index < -0.39 is 0 Å². The molecule has 0 saturated carbocycles. The predicted molar refractivity (Wildman–Crippen MR) is 75.0 cm³/mol. The zero-order valence-electron chi connectivity index (χ0n) is 11.4. The van der Waals surface area contributed by atoms with Gasteiger partial charge >= 0.3 is 0 Å². The van der Waals surface area contributed by atoms with Crippen LogP contribution in [0.3, 0.4) is 0 Å². The van der Waals surface area contributed by atoms with Crippen molar-refractivity contribution in [3.8, 4) is 17.4 Å². The number of nitrogens with one attached hydrogen (secondary N) is 1. The molecule has 3 N–H and O–H groups in total. The van der Waals surface area contributed by atoms with Gasteiger partial charge in [-0.05, 0) is 19.9 Å². The van der Waals surface area contributed by atoms with Gasteiger partial charge in [0.1, 0.15) is 11.6 Å². The van der Waals surface area contributed by atoms with Crippen LogP contribution in [0.1, 0.15) is 18.3 Å². The van der Waals surface area contributed by atoms with E-state index >= 15 is 0 Å². The van der Waals surface area contributed by atoms with Crippen molar-refractivity contribution in [1.29, 1.82) is 0 Å². The van der Waals surface area contributed by atoms with Crippen LogP contribution in [0, 0.1) is 6.92 Å². The molecular formula is C14H17N3O3. The molecule has 2 aromatic rings. The normalized spacial score (nSPS) is 10.3. The summed E-state index contributed by atoms with van der Waals surface area (Å²) in [7, 11) is 0. The van der Waals surface area contributed by atoms with Gasteiger partial charge in [0.25, 0.3) is 0 Å². The smallest absolute Gasteiger partial charge is 0.218 e. The zero-order valence-corrected chi connectivity index (χ0v) is 11.4. The molecule has 106 valence electrons. The maximum atomic E-state index is 9.72. The van der Waals surface area contributed by atoms with Gasteiger partial charge in [0.15, 0.2) is 11.5 Å². The van der Waals surface area contributed by atoms with E-state index in [4.69, 9.17) is 4.74 Å². The number of anilines is 1. The lowest BCUT2D eigenvalue weighted by molar-refractivity contribution is 0.325. The third kappa shape index (κ3) is 3.28. The molecule has 0 aliphatic rings. The standard InChI is InChI=1S/C14H17N3O3/c1-3-20-13-7-12(16-9(2)17-13)15-8-10-5-4-6-11(18)14(10)19/h4-7,18-19H,3,8H2,1-2H3,(H,15,16,17). The summed E-state index contributed by atoms with van der Waals surface area (Å²) in [6.45, 7) is 4.53. The minimum absolute atomic E-state index is 0.129. The highest BCUT2D eigenvalue weighted by molar-refractivity contribution is 5.47. The maximum Gasteiger partial charge on any atom is 0.218 e. The summed E-state index contributed by atoms with van der Waals surface area (Å²) in [6, 6.07) is 6.51. The molecule has 2 rings (SSSR count). The van der Waals surface area contributed by atoms with Gasteiger partial charge < -0.3 is 20.3 Å². The molecule has 0 aliphatic heterocycles. The fourth-order valence-corrected chi connectivity index (χ4v) is 1.76. The maximum absolute atomic E-state index is 9.72. The van der Waals surface area contributed by atoms with Crippen molar-refractivity contribution in [1.82, 2.24) is 9.97 Å². The Bertz CT molecular complexity index is 602. The van der Waals surface area contributed by atoms with Gasteiger partial charge in [-0.15, -0.1) is 0 Å². The largest absolute Gasteiger partial charge is 0.504 e. The second-order valence-corrected chi connectivity index (χ2v) is 4.21. The van der Waals surface area contributed by atoms with Gasteiger partial charge in [-0.25, -0.2) is 4.98 Å². The number of para-hydroxylation sites is 1. The number of hydrogen-bond acceptors (Lipinski definition) is 6. The third-order valence-electron chi connectivity index (χ3n) is 2.66. The first kappa shape index (κ1) is 13.9. The second kappa shape index (κ2) is 6.10. The van der Waals surface area contributed by atoms with Crippen molar-refractivity contribution >= 4 is 5.82 Å². The first-order valence-corrected chi connectivity index (χ1v) is 6.32. The van der Waals surface area contributed by atoms with E-state index in [0.29, 0.717) is 36.2 Å². The van der Waals surface area contributed by atoms with Gasteiger partial charge in [0, 0.05) is 18.2 Å². The van der Waals surface area contributed by atoms with Crippen molar-refractivity contribution in [2.24, 2.45) is 0 Å². The first-order chi connectivity index (χ1) is 9.60. The molecular weight excluding hydrogens is 258 g/mol. The van der Waals surface area contributed by atoms with Gasteiger partial charge in [-0.1, -0.05) is 12.1 Å². The van der Waals surface area contributed by atoms with Crippen molar-refractivity contribution in [3.05, 3.63) is 35.7 Å². The van der Waals surface area contributed by atoms with Crippen LogP contribution in [0.2, 0.25) is 0 Å².